The van der Waals surface area contributed by atoms with E-state index in [4.69, 9.17) is 0 Å². The number of anilines is 1. The van der Waals surface area contributed by atoms with E-state index in [-0.39, 0.29) is 23.6 Å². The number of rotatable bonds is 3. The molecule has 2 aromatic carbocycles. The molecule has 6 heteroatoms. The summed E-state index contributed by atoms with van der Waals surface area (Å²) in [5.41, 5.74) is 4.09. The van der Waals surface area contributed by atoms with Crippen molar-refractivity contribution in [2.24, 2.45) is 0 Å². The summed E-state index contributed by atoms with van der Waals surface area (Å²) in [5, 5.41) is 2.93. The van der Waals surface area contributed by atoms with Crippen LogP contribution >= 0.6 is 0 Å². The zero-order valence-electron chi connectivity index (χ0n) is 15.1. The molecule has 1 fully saturated rings. The van der Waals surface area contributed by atoms with E-state index < -0.39 is 9.84 Å². The molecule has 3 rings (SSSR count). The molecule has 0 spiro atoms. The maximum Gasteiger partial charge on any atom is 0.321 e. The second-order valence-electron chi connectivity index (χ2n) is 6.82. The van der Waals surface area contributed by atoms with Crippen LogP contribution in [-0.4, -0.2) is 43.9 Å². The van der Waals surface area contributed by atoms with Crippen molar-refractivity contribution in [2.75, 3.05) is 23.9 Å². The van der Waals surface area contributed by atoms with Crippen molar-refractivity contribution in [3.8, 4) is 11.1 Å². The highest BCUT2D eigenvalue weighted by Gasteiger charge is 2.28. The molecule has 0 bridgehead atoms. The van der Waals surface area contributed by atoms with Gasteiger partial charge in [0.25, 0.3) is 0 Å². The van der Waals surface area contributed by atoms with Crippen molar-refractivity contribution < 1.29 is 13.2 Å². The van der Waals surface area contributed by atoms with E-state index >= 15 is 0 Å². The van der Waals surface area contributed by atoms with Crippen molar-refractivity contribution in [1.29, 1.82) is 0 Å². The number of hydrogen-bond acceptors (Lipinski definition) is 3. The van der Waals surface area contributed by atoms with E-state index in [1.165, 1.54) is 5.56 Å². The maximum absolute atomic E-state index is 12.6. The van der Waals surface area contributed by atoms with E-state index in [0.717, 1.165) is 16.8 Å². The van der Waals surface area contributed by atoms with Crippen LogP contribution in [0.4, 0.5) is 10.5 Å². The molecule has 26 heavy (non-hydrogen) atoms. The Balaban J connectivity index is 1.70. The number of nitrogens with zero attached hydrogens (tertiary/aromatic N) is 1. The summed E-state index contributed by atoms with van der Waals surface area (Å²) in [7, 11) is -1.21. The molecule has 1 aliphatic heterocycles. The first-order valence-electron chi connectivity index (χ1n) is 8.76. The van der Waals surface area contributed by atoms with Gasteiger partial charge in [-0.05, 0) is 48.6 Å². The zero-order chi connectivity index (χ0) is 18.7. The first kappa shape index (κ1) is 18.5. The molecular weight excluding hydrogens is 348 g/mol. The van der Waals surface area contributed by atoms with Crippen LogP contribution < -0.4 is 5.32 Å². The van der Waals surface area contributed by atoms with Gasteiger partial charge in [0.1, 0.15) is 9.84 Å². The Labute approximate surface area is 154 Å². The lowest BCUT2D eigenvalue weighted by Gasteiger charge is -2.31. The van der Waals surface area contributed by atoms with E-state index in [0.29, 0.717) is 12.8 Å². The number of carbonyl (C=O) groups is 1. The van der Waals surface area contributed by atoms with Crippen molar-refractivity contribution in [2.45, 2.75) is 25.8 Å². The molecule has 0 aromatic heterocycles. The summed E-state index contributed by atoms with van der Waals surface area (Å²) in [6.07, 6.45) is 0.991. The molecule has 0 saturated carbocycles. The summed E-state index contributed by atoms with van der Waals surface area (Å²) < 4.78 is 23.1. The van der Waals surface area contributed by atoms with Gasteiger partial charge in [0.15, 0.2) is 0 Å². The second kappa shape index (κ2) is 7.50. The van der Waals surface area contributed by atoms with Crippen LogP contribution in [-0.2, 0) is 9.84 Å². The highest BCUT2D eigenvalue weighted by molar-refractivity contribution is 7.91. The van der Waals surface area contributed by atoms with Crippen molar-refractivity contribution in [3.05, 3.63) is 54.1 Å². The molecule has 138 valence electrons. The lowest BCUT2D eigenvalue weighted by atomic mass is 10.0. The monoisotopic (exact) mass is 372 g/mol. The van der Waals surface area contributed by atoms with E-state index in [1.54, 1.807) is 11.9 Å². The topological polar surface area (TPSA) is 66.5 Å². The fourth-order valence-electron chi connectivity index (χ4n) is 3.30. The molecule has 0 aliphatic carbocycles. The fraction of sp³-hybridized carbons (Fsp3) is 0.350. The van der Waals surface area contributed by atoms with Crippen molar-refractivity contribution in [3.63, 3.8) is 0 Å². The lowest BCUT2D eigenvalue weighted by Crippen LogP contribution is -2.44. The van der Waals surface area contributed by atoms with Crippen LogP contribution in [0.2, 0.25) is 0 Å². The molecular formula is C20H24N2O3S. The van der Waals surface area contributed by atoms with Gasteiger partial charge in [-0.2, -0.15) is 0 Å². The Hall–Kier alpha value is -2.34. The standard InChI is InChI=1S/C20H24N2O3S/c1-15-6-3-4-9-19(15)16-7-5-8-17(14-16)21-20(23)22(2)18-10-12-26(24,25)13-11-18/h3-9,14,18H,10-13H2,1-2H3,(H,21,23). The maximum atomic E-state index is 12.6. The van der Waals surface area contributed by atoms with Gasteiger partial charge in [0, 0.05) is 18.8 Å². The first-order chi connectivity index (χ1) is 12.4. The molecule has 1 aliphatic rings. The predicted octanol–water partition coefficient (Wildman–Crippen LogP) is 3.70. The van der Waals surface area contributed by atoms with E-state index in [9.17, 15) is 13.2 Å². The number of sulfone groups is 1. The Kier molecular flexibility index (Phi) is 5.32. The van der Waals surface area contributed by atoms with Gasteiger partial charge in [-0.25, -0.2) is 13.2 Å². The Bertz CT molecular complexity index is 895. The minimum Gasteiger partial charge on any atom is -0.325 e. The minimum absolute atomic E-state index is 0.0434. The Morgan fingerprint density at radius 1 is 1.08 bits per heavy atom. The number of urea groups is 1. The third kappa shape index (κ3) is 4.25. The van der Waals surface area contributed by atoms with Crippen LogP contribution in [0.25, 0.3) is 11.1 Å². The highest BCUT2D eigenvalue weighted by atomic mass is 32.2. The van der Waals surface area contributed by atoms with Crippen LogP contribution in [0.15, 0.2) is 48.5 Å². The Morgan fingerprint density at radius 3 is 2.46 bits per heavy atom. The molecule has 0 radical (unpaired) electrons. The van der Waals surface area contributed by atoms with Crippen molar-refractivity contribution in [1.82, 2.24) is 4.90 Å². The van der Waals surface area contributed by atoms with Gasteiger partial charge >= 0.3 is 6.03 Å². The number of aryl methyl sites for hydroxylation is 1. The molecule has 0 atom stereocenters. The molecule has 1 heterocycles. The van der Waals surface area contributed by atoms with Gasteiger partial charge in [0.05, 0.1) is 11.5 Å². The summed E-state index contributed by atoms with van der Waals surface area (Å²) in [4.78, 5) is 14.2. The molecule has 5 nitrogen and oxygen atoms in total. The predicted molar refractivity (Wildman–Crippen MR) is 105 cm³/mol. The lowest BCUT2D eigenvalue weighted by molar-refractivity contribution is 0.199. The number of amides is 2. The fourth-order valence-corrected chi connectivity index (χ4v) is 4.77. The summed E-state index contributed by atoms with van der Waals surface area (Å²) >= 11 is 0. The highest BCUT2D eigenvalue weighted by Crippen LogP contribution is 2.26. The third-order valence-electron chi connectivity index (χ3n) is 4.96. The number of hydrogen-bond donors (Lipinski definition) is 1. The number of nitrogens with one attached hydrogen (secondary N) is 1. The quantitative estimate of drug-likeness (QED) is 0.893. The second-order valence-corrected chi connectivity index (χ2v) is 9.12. The number of benzene rings is 2. The molecule has 1 N–H and O–H groups in total. The average molecular weight is 372 g/mol. The summed E-state index contributed by atoms with van der Waals surface area (Å²) in [6, 6.07) is 15.6. The SMILES string of the molecule is Cc1ccccc1-c1cccc(NC(=O)N(C)C2CCS(=O)(=O)CC2)c1. The van der Waals surface area contributed by atoms with Gasteiger partial charge in [-0.15, -0.1) is 0 Å². The average Bonchev–Trinajstić information content (AvgIpc) is 2.62. The van der Waals surface area contributed by atoms with Crippen LogP contribution in [0.5, 0.6) is 0 Å². The van der Waals surface area contributed by atoms with Gasteiger partial charge in [-0.3, -0.25) is 0 Å². The zero-order valence-corrected chi connectivity index (χ0v) is 15.9. The molecule has 1 saturated heterocycles. The Morgan fingerprint density at radius 2 is 1.77 bits per heavy atom. The normalized spacial score (nSPS) is 16.8. The first-order valence-corrected chi connectivity index (χ1v) is 10.6. The largest absolute Gasteiger partial charge is 0.325 e. The smallest absolute Gasteiger partial charge is 0.321 e. The number of carbonyl (C=O) groups excluding carboxylic acids is 1. The van der Waals surface area contributed by atoms with Gasteiger partial charge in [0.2, 0.25) is 0 Å². The van der Waals surface area contributed by atoms with Crippen LogP contribution in [0, 0.1) is 6.92 Å². The van der Waals surface area contributed by atoms with E-state index in [2.05, 4.69) is 24.4 Å². The molecule has 2 amide bonds. The van der Waals surface area contributed by atoms with E-state index in [1.807, 2.05) is 36.4 Å². The van der Waals surface area contributed by atoms with Gasteiger partial charge < -0.3 is 10.2 Å². The summed E-state index contributed by atoms with van der Waals surface area (Å²) in [6.45, 7) is 2.06. The summed E-state index contributed by atoms with van der Waals surface area (Å²) in [5.74, 6) is 0.302. The minimum atomic E-state index is -2.93. The van der Waals surface area contributed by atoms with Crippen molar-refractivity contribution >= 4 is 21.6 Å². The third-order valence-corrected chi connectivity index (χ3v) is 6.68. The molecule has 0 unspecified atom stereocenters. The molecule has 2 aromatic rings. The van der Waals surface area contributed by atoms with Crippen LogP contribution in [0.1, 0.15) is 18.4 Å². The van der Waals surface area contributed by atoms with Crippen LogP contribution in [0.3, 0.4) is 0 Å². The van der Waals surface area contributed by atoms with Gasteiger partial charge in [-0.1, -0.05) is 36.4 Å².